The number of anilines is 1. The molecule has 1 aromatic carbocycles. The van der Waals surface area contributed by atoms with Crippen molar-refractivity contribution in [2.75, 3.05) is 12.4 Å². The van der Waals surface area contributed by atoms with Crippen molar-refractivity contribution in [3.05, 3.63) is 46.7 Å². The molecule has 1 unspecified atom stereocenters. The van der Waals surface area contributed by atoms with Gasteiger partial charge >= 0.3 is 0 Å². The topological polar surface area (TPSA) is 21.3 Å². The summed E-state index contributed by atoms with van der Waals surface area (Å²) >= 11 is 1.70. The average molecular weight is 233 g/mol. The van der Waals surface area contributed by atoms with Gasteiger partial charge in [-0.15, -0.1) is 0 Å². The van der Waals surface area contributed by atoms with Crippen LogP contribution in [0.5, 0.6) is 5.75 Å². The standard InChI is InChI=1S/C13H15NOS/c1-10(14-12-6-7-16-9-12)11-4-3-5-13(8-11)15-2/h3-10,14H,1-2H3. The molecule has 0 saturated carbocycles. The van der Waals surface area contributed by atoms with E-state index >= 15 is 0 Å². The first kappa shape index (κ1) is 11.0. The Morgan fingerprint density at radius 2 is 2.19 bits per heavy atom. The predicted octanol–water partition coefficient (Wildman–Crippen LogP) is 3.93. The van der Waals surface area contributed by atoms with Crippen LogP contribution in [0.3, 0.4) is 0 Å². The number of nitrogens with one attached hydrogen (secondary N) is 1. The smallest absolute Gasteiger partial charge is 0.119 e. The molecule has 0 bridgehead atoms. The Morgan fingerprint density at radius 1 is 1.31 bits per heavy atom. The first-order chi connectivity index (χ1) is 7.79. The number of hydrogen-bond acceptors (Lipinski definition) is 3. The van der Waals surface area contributed by atoms with Gasteiger partial charge in [-0.25, -0.2) is 0 Å². The van der Waals surface area contributed by atoms with Crippen molar-refractivity contribution in [3.63, 3.8) is 0 Å². The van der Waals surface area contributed by atoms with Gasteiger partial charge in [-0.2, -0.15) is 11.3 Å². The van der Waals surface area contributed by atoms with E-state index in [1.807, 2.05) is 12.1 Å². The Balaban J connectivity index is 2.11. The summed E-state index contributed by atoms with van der Waals surface area (Å²) in [7, 11) is 1.69. The maximum atomic E-state index is 5.21. The number of methoxy groups -OCH3 is 1. The Hall–Kier alpha value is -1.48. The summed E-state index contributed by atoms with van der Waals surface area (Å²) in [6.45, 7) is 2.15. The van der Waals surface area contributed by atoms with Crippen molar-refractivity contribution >= 4 is 17.0 Å². The Labute approximate surface area is 99.9 Å². The molecule has 1 heterocycles. The molecule has 2 nitrogen and oxygen atoms in total. The predicted molar refractivity (Wildman–Crippen MR) is 69.4 cm³/mol. The van der Waals surface area contributed by atoms with E-state index in [-0.39, 0.29) is 6.04 Å². The molecule has 0 aliphatic carbocycles. The summed E-state index contributed by atoms with van der Waals surface area (Å²) in [5.41, 5.74) is 2.39. The molecule has 2 aromatic rings. The van der Waals surface area contributed by atoms with Crippen molar-refractivity contribution < 1.29 is 4.74 Å². The first-order valence-corrected chi connectivity index (χ1v) is 6.16. The van der Waals surface area contributed by atoms with Gasteiger partial charge in [0.1, 0.15) is 5.75 Å². The van der Waals surface area contributed by atoms with Crippen LogP contribution in [0, 0.1) is 0 Å². The summed E-state index contributed by atoms with van der Waals surface area (Å²) < 4.78 is 5.21. The van der Waals surface area contributed by atoms with Crippen LogP contribution in [0.25, 0.3) is 0 Å². The molecular formula is C13H15NOS. The summed E-state index contributed by atoms with van der Waals surface area (Å²) in [6, 6.07) is 10.5. The third-order valence-electron chi connectivity index (χ3n) is 2.50. The fourth-order valence-corrected chi connectivity index (χ4v) is 2.19. The lowest BCUT2D eigenvalue weighted by atomic mass is 10.1. The Morgan fingerprint density at radius 3 is 2.88 bits per heavy atom. The van der Waals surface area contributed by atoms with E-state index in [1.165, 1.54) is 11.3 Å². The molecule has 1 N–H and O–H groups in total. The van der Waals surface area contributed by atoms with Crippen LogP contribution >= 0.6 is 11.3 Å². The van der Waals surface area contributed by atoms with E-state index in [9.17, 15) is 0 Å². The summed E-state index contributed by atoms with van der Waals surface area (Å²) in [6.07, 6.45) is 0. The van der Waals surface area contributed by atoms with Gasteiger partial charge in [-0.05, 0) is 36.1 Å². The Bertz CT molecular complexity index is 439. The minimum atomic E-state index is 0.282. The zero-order valence-electron chi connectivity index (χ0n) is 9.44. The van der Waals surface area contributed by atoms with Crippen molar-refractivity contribution in [3.8, 4) is 5.75 Å². The van der Waals surface area contributed by atoms with Gasteiger partial charge < -0.3 is 10.1 Å². The van der Waals surface area contributed by atoms with Crippen LogP contribution in [0.1, 0.15) is 18.5 Å². The first-order valence-electron chi connectivity index (χ1n) is 5.22. The third-order valence-corrected chi connectivity index (χ3v) is 3.18. The minimum absolute atomic E-state index is 0.282. The second-order valence-corrected chi connectivity index (χ2v) is 4.43. The molecule has 1 atom stereocenters. The van der Waals surface area contributed by atoms with Crippen molar-refractivity contribution in [1.82, 2.24) is 0 Å². The molecule has 0 radical (unpaired) electrons. The lowest BCUT2D eigenvalue weighted by Crippen LogP contribution is -2.05. The molecule has 2 rings (SSSR count). The van der Waals surface area contributed by atoms with Gasteiger partial charge in [-0.3, -0.25) is 0 Å². The highest BCUT2D eigenvalue weighted by Crippen LogP contribution is 2.23. The van der Waals surface area contributed by atoms with Gasteiger partial charge in [0.15, 0.2) is 0 Å². The molecule has 16 heavy (non-hydrogen) atoms. The van der Waals surface area contributed by atoms with Crippen LogP contribution < -0.4 is 10.1 Å². The number of benzene rings is 1. The molecule has 0 saturated heterocycles. The number of rotatable bonds is 4. The largest absolute Gasteiger partial charge is 0.497 e. The second-order valence-electron chi connectivity index (χ2n) is 3.65. The van der Waals surface area contributed by atoms with E-state index in [2.05, 4.69) is 41.2 Å². The highest BCUT2D eigenvalue weighted by atomic mass is 32.1. The van der Waals surface area contributed by atoms with E-state index in [0.717, 1.165) is 5.75 Å². The number of thiophene rings is 1. The van der Waals surface area contributed by atoms with E-state index in [4.69, 9.17) is 4.74 Å². The summed E-state index contributed by atoms with van der Waals surface area (Å²) in [5.74, 6) is 0.900. The maximum absolute atomic E-state index is 5.21. The maximum Gasteiger partial charge on any atom is 0.119 e. The van der Waals surface area contributed by atoms with Crippen LogP contribution in [0.4, 0.5) is 5.69 Å². The van der Waals surface area contributed by atoms with Gasteiger partial charge in [0.25, 0.3) is 0 Å². The van der Waals surface area contributed by atoms with Crippen LogP contribution in [0.2, 0.25) is 0 Å². The van der Waals surface area contributed by atoms with Crippen LogP contribution in [-0.4, -0.2) is 7.11 Å². The van der Waals surface area contributed by atoms with Crippen molar-refractivity contribution in [2.45, 2.75) is 13.0 Å². The van der Waals surface area contributed by atoms with Crippen molar-refractivity contribution in [1.29, 1.82) is 0 Å². The molecule has 0 spiro atoms. The fraction of sp³-hybridized carbons (Fsp3) is 0.231. The SMILES string of the molecule is COc1cccc(C(C)Nc2ccsc2)c1. The summed E-state index contributed by atoms with van der Waals surface area (Å²) in [4.78, 5) is 0. The highest BCUT2D eigenvalue weighted by molar-refractivity contribution is 7.08. The van der Waals surface area contributed by atoms with E-state index < -0.39 is 0 Å². The van der Waals surface area contributed by atoms with Gasteiger partial charge in [0.05, 0.1) is 7.11 Å². The fourth-order valence-electron chi connectivity index (χ4n) is 1.59. The van der Waals surface area contributed by atoms with Crippen LogP contribution in [0.15, 0.2) is 41.1 Å². The monoisotopic (exact) mass is 233 g/mol. The molecule has 84 valence electrons. The lowest BCUT2D eigenvalue weighted by molar-refractivity contribution is 0.414. The van der Waals surface area contributed by atoms with Crippen LogP contribution in [-0.2, 0) is 0 Å². The summed E-state index contributed by atoms with van der Waals surface area (Å²) in [5, 5.41) is 7.62. The van der Waals surface area contributed by atoms with E-state index in [0.29, 0.717) is 0 Å². The van der Waals surface area contributed by atoms with Gasteiger partial charge in [-0.1, -0.05) is 12.1 Å². The molecule has 3 heteroatoms. The lowest BCUT2D eigenvalue weighted by Gasteiger charge is -2.15. The third kappa shape index (κ3) is 2.55. The second kappa shape index (κ2) is 5.03. The molecule has 0 fully saturated rings. The highest BCUT2D eigenvalue weighted by Gasteiger charge is 2.06. The van der Waals surface area contributed by atoms with E-state index in [1.54, 1.807) is 18.4 Å². The zero-order valence-corrected chi connectivity index (χ0v) is 10.3. The molecule has 0 aliphatic heterocycles. The zero-order chi connectivity index (χ0) is 11.4. The normalized spacial score (nSPS) is 12.1. The quantitative estimate of drug-likeness (QED) is 0.864. The van der Waals surface area contributed by atoms with Gasteiger partial charge in [0, 0.05) is 17.1 Å². The average Bonchev–Trinajstić information content (AvgIpc) is 2.82. The minimum Gasteiger partial charge on any atom is -0.497 e. The number of hydrogen-bond donors (Lipinski definition) is 1. The Kier molecular flexibility index (Phi) is 3.47. The molecular weight excluding hydrogens is 218 g/mol. The molecule has 1 aromatic heterocycles. The molecule has 0 amide bonds. The van der Waals surface area contributed by atoms with Gasteiger partial charge in [0.2, 0.25) is 0 Å². The number of ether oxygens (including phenoxy) is 1. The molecule has 0 aliphatic rings. The van der Waals surface area contributed by atoms with Crippen molar-refractivity contribution in [2.24, 2.45) is 0 Å².